The zero-order valence-electron chi connectivity index (χ0n) is 9.16. The number of aliphatic hydroxyl groups excluding tert-OH is 1. The van der Waals surface area contributed by atoms with Gasteiger partial charge in [-0.2, -0.15) is 0 Å². The molecule has 0 aromatic heterocycles. The van der Waals surface area contributed by atoms with E-state index in [4.69, 9.17) is 0 Å². The molecule has 2 nitrogen and oxygen atoms in total. The average Bonchev–Trinajstić information content (AvgIpc) is 1.95. The van der Waals surface area contributed by atoms with Gasteiger partial charge in [0.1, 0.15) is 0 Å². The molecule has 2 heteroatoms. The lowest BCUT2D eigenvalue weighted by Crippen LogP contribution is -2.51. The van der Waals surface area contributed by atoms with Gasteiger partial charge in [-0.15, -0.1) is 0 Å². The van der Waals surface area contributed by atoms with Crippen molar-refractivity contribution < 1.29 is 5.11 Å². The van der Waals surface area contributed by atoms with E-state index in [1.54, 1.807) is 0 Å². The molecular weight excluding hydrogens is 162 g/mol. The smallest absolute Gasteiger partial charge is 0.0639 e. The fraction of sp³-hybridized carbons (Fsp3) is 1.00. The van der Waals surface area contributed by atoms with E-state index in [2.05, 4.69) is 18.7 Å². The van der Waals surface area contributed by atoms with E-state index < -0.39 is 0 Å². The lowest BCUT2D eigenvalue weighted by molar-refractivity contribution is 0.0224. The van der Waals surface area contributed by atoms with Crippen molar-refractivity contribution in [3.63, 3.8) is 0 Å². The number of β-amino-alcohol motifs (C(OH)–C–C–N with tert-alkyl or cyclic N) is 1. The van der Waals surface area contributed by atoms with Crippen LogP contribution in [0.15, 0.2) is 0 Å². The zero-order valence-corrected chi connectivity index (χ0v) is 9.16. The average molecular weight is 185 g/mol. The Morgan fingerprint density at radius 1 is 1.38 bits per heavy atom. The summed E-state index contributed by atoms with van der Waals surface area (Å²) in [7, 11) is 0. The Hall–Kier alpha value is -0.0800. The van der Waals surface area contributed by atoms with Gasteiger partial charge in [-0.25, -0.2) is 0 Å². The molecule has 1 rings (SSSR count). The number of rotatable bonds is 5. The van der Waals surface area contributed by atoms with Crippen LogP contribution < -0.4 is 0 Å². The molecule has 0 bridgehead atoms. The second-order valence-electron chi connectivity index (χ2n) is 4.59. The molecule has 0 amide bonds. The molecule has 1 N–H and O–H groups in total. The first-order valence-corrected chi connectivity index (χ1v) is 5.54. The molecule has 1 aliphatic rings. The van der Waals surface area contributed by atoms with Crippen molar-refractivity contribution in [3.05, 3.63) is 0 Å². The first-order chi connectivity index (χ1) is 6.13. The van der Waals surface area contributed by atoms with Gasteiger partial charge in [0.25, 0.3) is 0 Å². The SMILES string of the molecule is CCCC(C)C1CN(C[C@@H](C)O)C1. The summed E-state index contributed by atoms with van der Waals surface area (Å²) in [5.74, 6) is 1.76. The molecule has 1 heterocycles. The molecule has 13 heavy (non-hydrogen) atoms. The fourth-order valence-corrected chi connectivity index (χ4v) is 2.18. The molecule has 0 radical (unpaired) electrons. The number of likely N-dealkylation sites (tertiary alicyclic amines) is 1. The van der Waals surface area contributed by atoms with Crippen molar-refractivity contribution >= 4 is 0 Å². The van der Waals surface area contributed by atoms with Gasteiger partial charge in [-0.05, 0) is 18.8 Å². The summed E-state index contributed by atoms with van der Waals surface area (Å²) < 4.78 is 0. The molecule has 0 saturated carbocycles. The van der Waals surface area contributed by atoms with Crippen LogP contribution in [0.4, 0.5) is 0 Å². The van der Waals surface area contributed by atoms with Crippen LogP contribution in [0.2, 0.25) is 0 Å². The van der Waals surface area contributed by atoms with E-state index in [1.165, 1.54) is 25.9 Å². The third-order valence-electron chi connectivity index (χ3n) is 3.06. The van der Waals surface area contributed by atoms with Gasteiger partial charge in [0.2, 0.25) is 0 Å². The van der Waals surface area contributed by atoms with Crippen LogP contribution in [0.5, 0.6) is 0 Å². The predicted octanol–water partition coefficient (Wildman–Crippen LogP) is 1.74. The van der Waals surface area contributed by atoms with Crippen molar-refractivity contribution in [2.45, 2.75) is 39.7 Å². The highest BCUT2D eigenvalue weighted by atomic mass is 16.3. The van der Waals surface area contributed by atoms with Crippen LogP contribution in [0.25, 0.3) is 0 Å². The Bertz CT molecular complexity index is 141. The Balaban J connectivity index is 2.10. The van der Waals surface area contributed by atoms with Crippen LogP contribution in [0.1, 0.15) is 33.6 Å². The molecule has 1 unspecified atom stereocenters. The van der Waals surface area contributed by atoms with Crippen LogP contribution in [-0.4, -0.2) is 35.7 Å². The lowest BCUT2D eigenvalue weighted by atomic mass is 9.84. The van der Waals surface area contributed by atoms with Crippen molar-refractivity contribution in [3.8, 4) is 0 Å². The van der Waals surface area contributed by atoms with E-state index in [9.17, 15) is 5.11 Å². The quantitative estimate of drug-likeness (QED) is 0.705. The third-order valence-corrected chi connectivity index (χ3v) is 3.06. The summed E-state index contributed by atoms with van der Waals surface area (Å²) in [6, 6.07) is 0. The van der Waals surface area contributed by atoms with Crippen LogP contribution >= 0.6 is 0 Å². The summed E-state index contributed by atoms with van der Waals surface area (Å²) >= 11 is 0. The third kappa shape index (κ3) is 3.28. The van der Waals surface area contributed by atoms with Crippen molar-refractivity contribution in [1.29, 1.82) is 0 Å². The Kier molecular flexibility index (Phi) is 4.20. The Labute approximate surface area is 81.9 Å². The lowest BCUT2D eigenvalue weighted by Gasteiger charge is -2.43. The maximum atomic E-state index is 9.17. The van der Waals surface area contributed by atoms with E-state index in [-0.39, 0.29) is 6.10 Å². The van der Waals surface area contributed by atoms with Crippen molar-refractivity contribution in [2.24, 2.45) is 11.8 Å². The van der Waals surface area contributed by atoms with Gasteiger partial charge < -0.3 is 10.0 Å². The van der Waals surface area contributed by atoms with E-state index in [0.717, 1.165) is 18.4 Å². The van der Waals surface area contributed by atoms with E-state index in [1.807, 2.05) is 6.92 Å². The molecule has 2 atom stereocenters. The van der Waals surface area contributed by atoms with Crippen molar-refractivity contribution in [2.75, 3.05) is 19.6 Å². The summed E-state index contributed by atoms with van der Waals surface area (Å²) in [4.78, 5) is 2.35. The van der Waals surface area contributed by atoms with Gasteiger partial charge in [0, 0.05) is 19.6 Å². The number of hydrogen-bond acceptors (Lipinski definition) is 2. The highest BCUT2D eigenvalue weighted by molar-refractivity contribution is 4.83. The van der Waals surface area contributed by atoms with E-state index in [0.29, 0.717) is 0 Å². The molecule has 78 valence electrons. The predicted molar refractivity (Wildman–Crippen MR) is 55.7 cm³/mol. The van der Waals surface area contributed by atoms with Crippen molar-refractivity contribution in [1.82, 2.24) is 4.90 Å². The topological polar surface area (TPSA) is 23.5 Å². The second-order valence-corrected chi connectivity index (χ2v) is 4.59. The highest BCUT2D eigenvalue weighted by Gasteiger charge is 2.30. The number of hydrogen-bond donors (Lipinski definition) is 1. The monoisotopic (exact) mass is 185 g/mol. The summed E-state index contributed by atoms with van der Waals surface area (Å²) in [5.41, 5.74) is 0. The summed E-state index contributed by atoms with van der Waals surface area (Å²) in [5, 5.41) is 9.17. The van der Waals surface area contributed by atoms with Crippen LogP contribution in [0.3, 0.4) is 0 Å². The van der Waals surface area contributed by atoms with Gasteiger partial charge in [0.15, 0.2) is 0 Å². The minimum Gasteiger partial charge on any atom is -0.392 e. The molecule has 0 spiro atoms. The molecule has 0 aromatic rings. The summed E-state index contributed by atoms with van der Waals surface area (Å²) in [6.45, 7) is 9.73. The number of aliphatic hydroxyl groups is 1. The normalized spacial score (nSPS) is 24.0. The molecule has 1 saturated heterocycles. The molecule has 0 aromatic carbocycles. The first kappa shape index (κ1) is 11.0. The molecule has 1 aliphatic heterocycles. The Morgan fingerprint density at radius 3 is 2.46 bits per heavy atom. The van der Waals surface area contributed by atoms with Gasteiger partial charge >= 0.3 is 0 Å². The van der Waals surface area contributed by atoms with Crippen LogP contribution in [-0.2, 0) is 0 Å². The zero-order chi connectivity index (χ0) is 9.84. The fourth-order valence-electron chi connectivity index (χ4n) is 2.18. The van der Waals surface area contributed by atoms with Crippen LogP contribution in [0, 0.1) is 11.8 Å². The number of nitrogens with zero attached hydrogens (tertiary/aromatic N) is 1. The Morgan fingerprint density at radius 2 is 2.00 bits per heavy atom. The summed E-state index contributed by atoms with van der Waals surface area (Å²) in [6.07, 6.45) is 2.49. The maximum Gasteiger partial charge on any atom is 0.0639 e. The van der Waals surface area contributed by atoms with Gasteiger partial charge in [0.05, 0.1) is 6.10 Å². The molecule has 1 fully saturated rings. The van der Waals surface area contributed by atoms with E-state index >= 15 is 0 Å². The standard InChI is InChI=1S/C11H23NO/c1-4-5-9(2)11-7-12(8-11)6-10(3)13/h9-11,13H,4-8H2,1-3H3/t9?,10-/m1/s1. The second kappa shape index (κ2) is 4.97. The minimum absolute atomic E-state index is 0.164. The maximum absolute atomic E-state index is 9.17. The van der Waals surface area contributed by atoms with Gasteiger partial charge in [-0.3, -0.25) is 0 Å². The molecule has 0 aliphatic carbocycles. The molecular formula is C11H23NO. The van der Waals surface area contributed by atoms with Gasteiger partial charge in [-0.1, -0.05) is 26.7 Å². The highest BCUT2D eigenvalue weighted by Crippen LogP contribution is 2.26. The largest absolute Gasteiger partial charge is 0.392 e. The first-order valence-electron chi connectivity index (χ1n) is 5.54. The minimum atomic E-state index is -0.164.